The number of rotatable bonds is 5. The summed E-state index contributed by atoms with van der Waals surface area (Å²) in [5.41, 5.74) is 0.383. The fraction of sp³-hybridized carbons (Fsp3) is 0.429. The lowest BCUT2D eigenvalue weighted by atomic mass is 10.1. The van der Waals surface area contributed by atoms with E-state index in [1.807, 2.05) is 13.8 Å². The third kappa shape index (κ3) is 3.33. The Morgan fingerprint density at radius 2 is 2.10 bits per heavy atom. The first kappa shape index (κ1) is 14.5. The number of aliphatic hydroxyl groups excluding tert-OH is 1. The first-order valence-electron chi connectivity index (χ1n) is 6.40. The van der Waals surface area contributed by atoms with Gasteiger partial charge in [0.2, 0.25) is 0 Å². The van der Waals surface area contributed by atoms with Gasteiger partial charge < -0.3 is 14.4 Å². The van der Waals surface area contributed by atoms with Crippen LogP contribution in [-0.2, 0) is 6.61 Å². The highest BCUT2D eigenvalue weighted by Crippen LogP contribution is 2.26. The number of hydrogen-bond donors (Lipinski definition) is 1. The van der Waals surface area contributed by atoms with E-state index in [1.54, 1.807) is 6.92 Å². The minimum atomic E-state index is -0.824. The Bertz CT molecular complexity index is 582. The molecule has 1 heterocycles. The molecule has 108 valence electrons. The Kier molecular flexibility index (Phi) is 4.34. The molecule has 1 atom stereocenters. The molecule has 0 aliphatic rings. The Balaban J connectivity index is 2.10. The highest BCUT2D eigenvalue weighted by molar-refractivity contribution is 5.35. The number of aliphatic hydroxyl groups is 1. The normalized spacial score (nSPS) is 12.7. The molecule has 0 bridgehead atoms. The Morgan fingerprint density at radius 1 is 1.35 bits per heavy atom. The van der Waals surface area contributed by atoms with Crippen molar-refractivity contribution in [2.45, 2.75) is 39.4 Å². The summed E-state index contributed by atoms with van der Waals surface area (Å²) in [7, 11) is 0. The lowest BCUT2D eigenvalue weighted by molar-refractivity contribution is 0.184. The molecule has 0 radical (unpaired) electrons. The molecule has 2 aromatic rings. The zero-order chi connectivity index (χ0) is 14.7. The van der Waals surface area contributed by atoms with Crippen LogP contribution in [0.5, 0.6) is 5.75 Å². The Hall–Kier alpha value is -1.95. The maximum atomic E-state index is 13.2. The van der Waals surface area contributed by atoms with E-state index in [9.17, 15) is 9.50 Å². The predicted molar refractivity (Wildman–Crippen MR) is 69.8 cm³/mol. The molecule has 2 rings (SSSR count). The number of nitrogens with zero attached hydrogens (tertiary/aromatic N) is 2. The average molecular weight is 280 g/mol. The second-order valence-corrected chi connectivity index (χ2v) is 4.85. The van der Waals surface area contributed by atoms with Gasteiger partial charge in [-0.1, -0.05) is 19.0 Å². The quantitative estimate of drug-likeness (QED) is 0.912. The largest absolute Gasteiger partial charge is 0.483 e. The van der Waals surface area contributed by atoms with Crippen molar-refractivity contribution < 1.29 is 18.8 Å². The minimum Gasteiger partial charge on any atom is -0.483 e. The minimum absolute atomic E-state index is 0.0745. The SMILES string of the molecule is CC(C)c1noc(COc2ccc(F)cc2[C@@H](C)O)n1. The maximum Gasteiger partial charge on any atom is 0.264 e. The van der Waals surface area contributed by atoms with Crippen molar-refractivity contribution in [3.8, 4) is 5.75 Å². The fourth-order valence-electron chi connectivity index (χ4n) is 1.68. The van der Waals surface area contributed by atoms with E-state index in [0.29, 0.717) is 23.0 Å². The van der Waals surface area contributed by atoms with E-state index >= 15 is 0 Å². The molecule has 1 aromatic carbocycles. The van der Waals surface area contributed by atoms with Crippen LogP contribution in [0.4, 0.5) is 4.39 Å². The van der Waals surface area contributed by atoms with E-state index in [1.165, 1.54) is 18.2 Å². The fourth-order valence-corrected chi connectivity index (χ4v) is 1.68. The van der Waals surface area contributed by atoms with Gasteiger partial charge in [-0.15, -0.1) is 0 Å². The average Bonchev–Trinajstić information content (AvgIpc) is 2.86. The van der Waals surface area contributed by atoms with Crippen molar-refractivity contribution in [2.24, 2.45) is 0 Å². The van der Waals surface area contributed by atoms with E-state index in [4.69, 9.17) is 9.26 Å². The summed E-state index contributed by atoms with van der Waals surface area (Å²) in [6.07, 6.45) is -0.824. The van der Waals surface area contributed by atoms with E-state index < -0.39 is 11.9 Å². The Morgan fingerprint density at radius 3 is 2.70 bits per heavy atom. The second-order valence-electron chi connectivity index (χ2n) is 4.85. The van der Waals surface area contributed by atoms with Crippen LogP contribution in [0.15, 0.2) is 22.7 Å². The highest BCUT2D eigenvalue weighted by Gasteiger charge is 2.13. The first-order chi connectivity index (χ1) is 9.47. The van der Waals surface area contributed by atoms with Gasteiger partial charge in [-0.25, -0.2) is 4.39 Å². The molecule has 0 unspecified atom stereocenters. The van der Waals surface area contributed by atoms with Gasteiger partial charge in [-0.05, 0) is 25.1 Å². The predicted octanol–water partition coefficient (Wildman–Crippen LogP) is 2.96. The number of ether oxygens (including phenoxy) is 1. The van der Waals surface area contributed by atoms with Crippen molar-refractivity contribution in [3.63, 3.8) is 0 Å². The molecule has 20 heavy (non-hydrogen) atoms. The Labute approximate surface area is 116 Å². The molecular weight excluding hydrogens is 263 g/mol. The van der Waals surface area contributed by atoms with Crippen LogP contribution in [0.3, 0.4) is 0 Å². The van der Waals surface area contributed by atoms with Crippen molar-refractivity contribution in [3.05, 3.63) is 41.3 Å². The molecule has 0 amide bonds. The smallest absolute Gasteiger partial charge is 0.264 e. The molecular formula is C14H17FN2O3. The number of benzene rings is 1. The van der Waals surface area contributed by atoms with Crippen LogP contribution >= 0.6 is 0 Å². The summed E-state index contributed by atoms with van der Waals surface area (Å²) < 4.78 is 23.7. The summed E-state index contributed by atoms with van der Waals surface area (Å²) in [6.45, 7) is 5.54. The summed E-state index contributed by atoms with van der Waals surface area (Å²) in [5, 5.41) is 13.4. The van der Waals surface area contributed by atoms with Crippen molar-refractivity contribution >= 4 is 0 Å². The van der Waals surface area contributed by atoms with Crippen LogP contribution < -0.4 is 4.74 Å². The third-order valence-corrected chi connectivity index (χ3v) is 2.77. The second kappa shape index (κ2) is 6.00. The van der Waals surface area contributed by atoms with Crippen molar-refractivity contribution in [2.75, 3.05) is 0 Å². The molecule has 0 aliphatic heterocycles. The molecule has 6 heteroatoms. The zero-order valence-electron chi connectivity index (χ0n) is 11.6. The van der Waals surface area contributed by atoms with Gasteiger partial charge >= 0.3 is 0 Å². The molecule has 0 fully saturated rings. The van der Waals surface area contributed by atoms with Gasteiger partial charge in [0.05, 0.1) is 6.10 Å². The van der Waals surface area contributed by atoms with Gasteiger partial charge in [0.1, 0.15) is 11.6 Å². The summed E-state index contributed by atoms with van der Waals surface area (Å²) in [5.74, 6) is 1.10. The van der Waals surface area contributed by atoms with Gasteiger partial charge in [-0.3, -0.25) is 0 Å². The zero-order valence-corrected chi connectivity index (χ0v) is 11.6. The van der Waals surface area contributed by atoms with Crippen molar-refractivity contribution in [1.82, 2.24) is 10.1 Å². The summed E-state index contributed by atoms with van der Waals surface area (Å²) >= 11 is 0. The van der Waals surface area contributed by atoms with Gasteiger partial charge in [-0.2, -0.15) is 4.98 Å². The first-order valence-corrected chi connectivity index (χ1v) is 6.40. The summed E-state index contributed by atoms with van der Waals surface area (Å²) in [6, 6.07) is 3.99. The van der Waals surface area contributed by atoms with Gasteiger partial charge in [0.15, 0.2) is 12.4 Å². The maximum absolute atomic E-state index is 13.2. The number of halogens is 1. The lowest BCUT2D eigenvalue weighted by Gasteiger charge is -2.12. The molecule has 0 aliphatic carbocycles. The molecule has 0 spiro atoms. The molecule has 5 nitrogen and oxygen atoms in total. The molecule has 1 N–H and O–H groups in total. The molecule has 1 aromatic heterocycles. The topological polar surface area (TPSA) is 68.4 Å². The third-order valence-electron chi connectivity index (χ3n) is 2.77. The van der Waals surface area contributed by atoms with Crippen molar-refractivity contribution in [1.29, 1.82) is 0 Å². The highest BCUT2D eigenvalue weighted by atomic mass is 19.1. The molecule has 0 saturated carbocycles. The van der Waals surface area contributed by atoms with E-state index in [0.717, 1.165) is 0 Å². The van der Waals surface area contributed by atoms with Gasteiger partial charge in [0, 0.05) is 11.5 Å². The van der Waals surface area contributed by atoms with Crippen LogP contribution in [0.2, 0.25) is 0 Å². The van der Waals surface area contributed by atoms with Crippen LogP contribution in [0.1, 0.15) is 50.1 Å². The standard InChI is InChI=1S/C14H17FN2O3/c1-8(2)14-16-13(20-17-14)7-19-12-5-4-10(15)6-11(12)9(3)18/h4-6,8-9,18H,7H2,1-3H3/t9-/m1/s1. The van der Waals surface area contributed by atoms with Crippen LogP contribution in [0, 0.1) is 5.82 Å². The van der Waals surface area contributed by atoms with E-state index in [2.05, 4.69) is 10.1 Å². The van der Waals surface area contributed by atoms with Crippen LogP contribution in [-0.4, -0.2) is 15.2 Å². The molecule has 0 saturated heterocycles. The lowest BCUT2D eigenvalue weighted by Crippen LogP contribution is -2.02. The number of hydrogen-bond acceptors (Lipinski definition) is 5. The van der Waals surface area contributed by atoms with Gasteiger partial charge in [0.25, 0.3) is 5.89 Å². The van der Waals surface area contributed by atoms with E-state index in [-0.39, 0.29) is 12.5 Å². The summed E-state index contributed by atoms with van der Waals surface area (Å²) in [4.78, 5) is 4.18. The van der Waals surface area contributed by atoms with Crippen LogP contribution in [0.25, 0.3) is 0 Å². The monoisotopic (exact) mass is 280 g/mol. The number of aromatic nitrogens is 2.